The van der Waals surface area contributed by atoms with E-state index in [2.05, 4.69) is 10.00 Å². The SMILES string of the molecule is CN(C)C(=O)C1CCCN1CCn1nc2ccccn2c1=O. The molecule has 0 bridgehead atoms. The van der Waals surface area contributed by atoms with Crippen molar-refractivity contribution in [3.63, 3.8) is 0 Å². The molecule has 0 aliphatic carbocycles. The predicted molar refractivity (Wildman–Crippen MR) is 82.7 cm³/mol. The summed E-state index contributed by atoms with van der Waals surface area (Å²) in [7, 11) is 3.57. The third-order valence-corrected chi connectivity index (χ3v) is 4.18. The van der Waals surface area contributed by atoms with Gasteiger partial charge in [-0.1, -0.05) is 6.07 Å². The monoisotopic (exact) mass is 303 g/mol. The number of amides is 1. The van der Waals surface area contributed by atoms with E-state index in [1.54, 1.807) is 25.2 Å². The van der Waals surface area contributed by atoms with E-state index in [4.69, 9.17) is 0 Å². The lowest BCUT2D eigenvalue weighted by molar-refractivity contribution is -0.133. The van der Waals surface area contributed by atoms with Crippen LogP contribution in [0.3, 0.4) is 0 Å². The summed E-state index contributed by atoms with van der Waals surface area (Å²) in [6.07, 6.45) is 3.62. The lowest BCUT2D eigenvalue weighted by atomic mass is 10.2. The highest BCUT2D eigenvalue weighted by Crippen LogP contribution is 2.18. The van der Waals surface area contributed by atoms with Gasteiger partial charge in [0, 0.05) is 26.8 Å². The maximum absolute atomic E-state index is 12.2. The van der Waals surface area contributed by atoms with Gasteiger partial charge in [0.25, 0.3) is 0 Å². The van der Waals surface area contributed by atoms with Gasteiger partial charge in [0.15, 0.2) is 5.65 Å². The van der Waals surface area contributed by atoms with E-state index in [1.165, 1.54) is 9.08 Å². The van der Waals surface area contributed by atoms with Crippen molar-refractivity contribution in [3.05, 3.63) is 34.9 Å². The summed E-state index contributed by atoms with van der Waals surface area (Å²) in [5, 5.41) is 4.32. The maximum Gasteiger partial charge on any atom is 0.350 e. The fourth-order valence-electron chi connectivity index (χ4n) is 3.01. The Morgan fingerprint density at radius 1 is 1.36 bits per heavy atom. The van der Waals surface area contributed by atoms with Crippen LogP contribution in [0.1, 0.15) is 12.8 Å². The first kappa shape index (κ1) is 14.8. The molecule has 0 spiro atoms. The van der Waals surface area contributed by atoms with Gasteiger partial charge in [0.2, 0.25) is 5.91 Å². The quantitative estimate of drug-likeness (QED) is 0.800. The van der Waals surface area contributed by atoms with Crippen LogP contribution in [0.5, 0.6) is 0 Å². The molecule has 1 aliphatic heterocycles. The minimum Gasteiger partial charge on any atom is -0.347 e. The van der Waals surface area contributed by atoms with Crippen molar-refractivity contribution in [1.29, 1.82) is 0 Å². The highest BCUT2D eigenvalue weighted by atomic mass is 16.2. The third kappa shape index (κ3) is 2.64. The summed E-state index contributed by atoms with van der Waals surface area (Å²) < 4.78 is 3.01. The van der Waals surface area contributed by atoms with Crippen LogP contribution in [0.2, 0.25) is 0 Å². The second-order valence-electron chi connectivity index (χ2n) is 5.86. The third-order valence-electron chi connectivity index (χ3n) is 4.18. The molecule has 118 valence electrons. The standard InChI is InChI=1S/C15H21N5O2/c1-17(2)14(21)12-6-5-8-18(12)10-11-20-15(22)19-9-4-3-7-13(19)16-20/h3-4,7,9,12H,5-6,8,10-11H2,1-2H3. The van der Waals surface area contributed by atoms with E-state index in [9.17, 15) is 9.59 Å². The number of hydrogen-bond acceptors (Lipinski definition) is 4. The number of hydrogen-bond donors (Lipinski definition) is 0. The normalized spacial score (nSPS) is 18.9. The molecule has 1 fully saturated rings. The Kier molecular flexibility index (Phi) is 3.98. The van der Waals surface area contributed by atoms with Crippen LogP contribution in [0.25, 0.3) is 5.65 Å². The number of carbonyl (C=O) groups excluding carboxylic acids is 1. The number of pyridine rings is 1. The number of fused-ring (bicyclic) bond motifs is 1. The zero-order valence-electron chi connectivity index (χ0n) is 13.0. The summed E-state index contributed by atoms with van der Waals surface area (Å²) >= 11 is 0. The second-order valence-corrected chi connectivity index (χ2v) is 5.86. The van der Waals surface area contributed by atoms with Gasteiger partial charge in [-0.3, -0.25) is 14.1 Å². The molecular formula is C15H21N5O2. The molecule has 22 heavy (non-hydrogen) atoms. The van der Waals surface area contributed by atoms with E-state index < -0.39 is 0 Å². The van der Waals surface area contributed by atoms with Crippen LogP contribution in [-0.4, -0.2) is 63.1 Å². The molecule has 1 atom stereocenters. The van der Waals surface area contributed by atoms with Crippen molar-refractivity contribution >= 4 is 11.6 Å². The van der Waals surface area contributed by atoms with Gasteiger partial charge < -0.3 is 4.90 Å². The van der Waals surface area contributed by atoms with Crippen LogP contribution in [-0.2, 0) is 11.3 Å². The number of nitrogens with zero attached hydrogens (tertiary/aromatic N) is 5. The van der Waals surface area contributed by atoms with Crippen molar-refractivity contribution in [3.8, 4) is 0 Å². The average molecular weight is 303 g/mol. The van der Waals surface area contributed by atoms with E-state index in [1.807, 2.05) is 18.2 Å². The van der Waals surface area contributed by atoms with Crippen LogP contribution in [0, 0.1) is 0 Å². The molecule has 1 saturated heterocycles. The lowest BCUT2D eigenvalue weighted by Crippen LogP contribution is -2.44. The first-order valence-electron chi connectivity index (χ1n) is 7.57. The molecule has 7 heteroatoms. The summed E-state index contributed by atoms with van der Waals surface area (Å²) in [6, 6.07) is 5.42. The Morgan fingerprint density at radius 2 is 2.18 bits per heavy atom. The summed E-state index contributed by atoms with van der Waals surface area (Å²) in [5.74, 6) is 0.139. The maximum atomic E-state index is 12.2. The molecule has 0 N–H and O–H groups in total. The summed E-state index contributed by atoms with van der Waals surface area (Å²) in [4.78, 5) is 28.2. The molecule has 1 amide bonds. The van der Waals surface area contributed by atoms with Crippen molar-refractivity contribution in [1.82, 2.24) is 24.0 Å². The number of likely N-dealkylation sites (tertiary alicyclic amines) is 1. The Labute approximate surface area is 128 Å². The first-order chi connectivity index (χ1) is 10.6. The zero-order valence-corrected chi connectivity index (χ0v) is 13.0. The lowest BCUT2D eigenvalue weighted by Gasteiger charge is -2.25. The van der Waals surface area contributed by atoms with Crippen LogP contribution >= 0.6 is 0 Å². The molecular weight excluding hydrogens is 282 g/mol. The molecule has 7 nitrogen and oxygen atoms in total. The fourth-order valence-corrected chi connectivity index (χ4v) is 3.01. The van der Waals surface area contributed by atoms with Crippen LogP contribution < -0.4 is 5.69 Å². The minimum absolute atomic E-state index is 0.0669. The van der Waals surface area contributed by atoms with Gasteiger partial charge in [-0.2, -0.15) is 0 Å². The highest BCUT2D eigenvalue weighted by molar-refractivity contribution is 5.81. The Hall–Kier alpha value is -2.15. The van der Waals surface area contributed by atoms with Gasteiger partial charge >= 0.3 is 5.69 Å². The summed E-state index contributed by atoms with van der Waals surface area (Å²) in [5.41, 5.74) is 0.514. The first-order valence-corrected chi connectivity index (χ1v) is 7.57. The average Bonchev–Trinajstić information content (AvgIpc) is 3.09. The van der Waals surface area contributed by atoms with E-state index in [-0.39, 0.29) is 17.6 Å². The van der Waals surface area contributed by atoms with E-state index in [0.29, 0.717) is 18.7 Å². The van der Waals surface area contributed by atoms with Crippen LogP contribution in [0.4, 0.5) is 0 Å². The van der Waals surface area contributed by atoms with Crippen molar-refractivity contribution in [2.45, 2.75) is 25.4 Å². The molecule has 2 aromatic heterocycles. The van der Waals surface area contributed by atoms with Gasteiger partial charge in [-0.25, -0.2) is 9.48 Å². The molecule has 1 unspecified atom stereocenters. The molecule has 3 rings (SSSR count). The zero-order chi connectivity index (χ0) is 15.7. The number of rotatable bonds is 4. The van der Waals surface area contributed by atoms with Crippen molar-refractivity contribution in [2.24, 2.45) is 0 Å². The highest BCUT2D eigenvalue weighted by Gasteiger charge is 2.31. The second kappa shape index (κ2) is 5.92. The topological polar surface area (TPSA) is 62.9 Å². The fraction of sp³-hybridized carbons (Fsp3) is 0.533. The van der Waals surface area contributed by atoms with Gasteiger partial charge in [-0.15, -0.1) is 5.10 Å². The largest absolute Gasteiger partial charge is 0.350 e. The number of likely N-dealkylation sites (N-methyl/N-ethyl adjacent to an activating group) is 1. The van der Waals surface area contributed by atoms with Gasteiger partial charge in [0.1, 0.15) is 0 Å². The van der Waals surface area contributed by atoms with E-state index >= 15 is 0 Å². The molecule has 0 radical (unpaired) electrons. The smallest absolute Gasteiger partial charge is 0.347 e. The number of carbonyl (C=O) groups is 1. The molecule has 3 heterocycles. The molecule has 1 aliphatic rings. The Bertz CT molecular complexity index is 733. The molecule has 0 aromatic carbocycles. The summed E-state index contributed by atoms with van der Waals surface area (Å²) in [6.45, 7) is 2.05. The molecule has 0 saturated carbocycles. The number of aromatic nitrogens is 3. The minimum atomic E-state index is -0.134. The van der Waals surface area contributed by atoms with Crippen molar-refractivity contribution < 1.29 is 4.79 Å². The Balaban J connectivity index is 1.72. The van der Waals surface area contributed by atoms with Gasteiger partial charge in [-0.05, 0) is 31.5 Å². The van der Waals surface area contributed by atoms with E-state index in [0.717, 1.165) is 19.4 Å². The van der Waals surface area contributed by atoms with Gasteiger partial charge in [0.05, 0.1) is 12.6 Å². The predicted octanol–water partition coefficient (Wildman–Crippen LogP) is 0.0486. The van der Waals surface area contributed by atoms with Crippen molar-refractivity contribution in [2.75, 3.05) is 27.2 Å². The molecule has 2 aromatic rings. The Morgan fingerprint density at radius 3 is 2.91 bits per heavy atom. The van der Waals surface area contributed by atoms with Crippen LogP contribution in [0.15, 0.2) is 29.2 Å².